The first-order valence-electron chi connectivity index (χ1n) is 6.78. The Bertz CT molecular complexity index is 663. The van der Waals surface area contributed by atoms with Gasteiger partial charge in [0.05, 0.1) is 0 Å². The van der Waals surface area contributed by atoms with Crippen LogP contribution in [-0.4, -0.2) is 46.4 Å². The van der Waals surface area contributed by atoms with Crippen molar-refractivity contribution >= 4 is 23.2 Å². The predicted molar refractivity (Wildman–Crippen MR) is 79.5 cm³/mol. The summed E-state index contributed by atoms with van der Waals surface area (Å²) in [5, 5.41) is 4.86. The summed E-state index contributed by atoms with van der Waals surface area (Å²) in [6.07, 6.45) is 2.46. The van der Waals surface area contributed by atoms with Crippen LogP contribution in [0.5, 0.6) is 0 Å². The zero-order chi connectivity index (χ0) is 14.8. The van der Waals surface area contributed by atoms with Crippen LogP contribution in [0.15, 0.2) is 23.7 Å². The number of rotatable bonds is 4. The molecule has 1 N–H and O–H groups in total. The van der Waals surface area contributed by atoms with Crippen LogP contribution in [0.4, 0.5) is 0 Å². The first-order valence-corrected chi connectivity index (χ1v) is 7.66. The quantitative estimate of drug-likeness (QED) is 0.916. The molecule has 0 aliphatic carbocycles. The third-order valence-electron chi connectivity index (χ3n) is 3.46. The second kappa shape index (κ2) is 5.69. The van der Waals surface area contributed by atoms with Gasteiger partial charge in [-0.1, -0.05) is 6.07 Å². The van der Waals surface area contributed by atoms with Gasteiger partial charge < -0.3 is 14.8 Å². The molecule has 6 nitrogen and oxygen atoms in total. The topological polar surface area (TPSA) is 67.2 Å². The van der Waals surface area contributed by atoms with E-state index >= 15 is 0 Å². The fourth-order valence-corrected chi connectivity index (χ4v) is 2.95. The molecule has 0 saturated carbocycles. The Balaban J connectivity index is 1.63. The Morgan fingerprint density at radius 2 is 2.33 bits per heavy atom. The molecule has 1 aliphatic rings. The lowest BCUT2D eigenvalue weighted by atomic mass is 10.3. The van der Waals surface area contributed by atoms with Gasteiger partial charge in [0.1, 0.15) is 5.69 Å². The predicted octanol–water partition coefficient (Wildman–Crippen LogP) is 1.00. The zero-order valence-corrected chi connectivity index (χ0v) is 12.5. The van der Waals surface area contributed by atoms with E-state index in [2.05, 4.69) is 10.3 Å². The van der Waals surface area contributed by atoms with Gasteiger partial charge in [-0.2, -0.15) is 0 Å². The number of amides is 2. The SMILES string of the molecule is CN1CCn2cc(C(=O)NCCc3cccs3)nc2C1=O. The molecule has 0 bridgehead atoms. The number of carbonyl (C=O) groups is 2. The van der Waals surface area contributed by atoms with E-state index in [0.717, 1.165) is 6.42 Å². The van der Waals surface area contributed by atoms with Crippen molar-refractivity contribution in [3.05, 3.63) is 40.1 Å². The summed E-state index contributed by atoms with van der Waals surface area (Å²) in [5.41, 5.74) is 0.305. The minimum atomic E-state index is -0.232. The van der Waals surface area contributed by atoms with Crippen molar-refractivity contribution in [1.82, 2.24) is 19.8 Å². The molecule has 21 heavy (non-hydrogen) atoms. The number of carbonyl (C=O) groups excluding carboxylic acids is 2. The van der Waals surface area contributed by atoms with Crippen molar-refractivity contribution in [2.24, 2.45) is 0 Å². The van der Waals surface area contributed by atoms with Crippen molar-refractivity contribution < 1.29 is 9.59 Å². The van der Waals surface area contributed by atoms with Gasteiger partial charge in [0.2, 0.25) is 0 Å². The molecule has 2 aromatic heterocycles. The van der Waals surface area contributed by atoms with Gasteiger partial charge in [0.15, 0.2) is 5.82 Å². The molecule has 3 rings (SSSR count). The Labute approximate surface area is 126 Å². The van der Waals surface area contributed by atoms with Crippen LogP contribution in [0.3, 0.4) is 0 Å². The molecule has 0 fully saturated rings. The first kappa shape index (κ1) is 13.8. The normalized spacial score (nSPS) is 14.1. The lowest BCUT2D eigenvalue weighted by Gasteiger charge is -2.22. The summed E-state index contributed by atoms with van der Waals surface area (Å²) in [6.45, 7) is 1.88. The molecule has 110 valence electrons. The molecule has 0 atom stereocenters. The molecule has 2 aromatic rings. The number of hydrogen-bond acceptors (Lipinski definition) is 4. The van der Waals surface area contributed by atoms with E-state index in [1.807, 2.05) is 17.5 Å². The third kappa shape index (κ3) is 2.82. The van der Waals surface area contributed by atoms with E-state index in [4.69, 9.17) is 0 Å². The number of likely N-dealkylation sites (N-methyl/N-ethyl adjacent to an activating group) is 1. The largest absolute Gasteiger partial charge is 0.350 e. The summed E-state index contributed by atoms with van der Waals surface area (Å²) >= 11 is 1.67. The lowest BCUT2D eigenvalue weighted by Crippen LogP contribution is -2.37. The molecule has 0 radical (unpaired) electrons. The molecule has 1 aliphatic heterocycles. The van der Waals surface area contributed by atoms with Crippen molar-refractivity contribution in [2.75, 3.05) is 20.1 Å². The molecule has 0 spiro atoms. The fraction of sp³-hybridized carbons (Fsp3) is 0.357. The summed E-state index contributed by atoms with van der Waals surface area (Å²) in [6, 6.07) is 4.04. The average molecular weight is 304 g/mol. The van der Waals surface area contributed by atoms with Gasteiger partial charge in [0.25, 0.3) is 11.8 Å². The molecule has 0 aromatic carbocycles. The Kier molecular flexibility index (Phi) is 3.74. The van der Waals surface area contributed by atoms with Crippen LogP contribution < -0.4 is 5.32 Å². The first-order chi connectivity index (χ1) is 10.1. The van der Waals surface area contributed by atoms with Crippen LogP contribution in [0.1, 0.15) is 26.0 Å². The average Bonchev–Trinajstić information content (AvgIpc) is 3.12. The van der Waals surface area contributed by atoms with Crippen LogP contribution in [0, 0.1) is 0 Å². The number of nitrogens with one attached hydrogen (secondary N) is 1. The van der Waals surface area contributed by atoms with E-state index in [1.165, 1.54) is 4.88 Å². The lowest BCUT2D eigenvalue weighted by molar-refractivity contribution is 0.0741. The highest BCUT2D eigenvalue weighted by Gasteiger charge is 2.25. The van der Waals surface area contributed by atoms with Crippen LogP contribution in [0.2, 0.25) is 0 Å². The van der Waals surface area contributed by atoms with Gasteiger partial charge in [-0.25, -0.2) is 4.98 Å². The van der Waals surface area contributed by atoms with E-state index < -0.39 is 0 Å². The van der Waals surface area contributed by atoms with Gasteiger partial charge in [-0.05, 0) is 17.9 Å². The highest BCUT2D eigenvalue weighted by Crippen LogP contribution is 2.12. The summed E-state index contributed by atoms with van der Waals surface area (Å²) in [5.74, 6) is -0.0325. The maximum atomic E-state index is 12.1. The molecule has 0 saturated heterocycles. The molecule has 0 unspecified atom stereocenters. The molecule has 7 heteroatoms. The second-order valence-corrected chi connectivity index (χ2v) is 5.99. The highest BCUT2D eigenvalue weighted by atomic mass is 32.1. The molecular formula is C14H16N4O2S. The van der Waals surface area contributed by atoms with Crippen molar-refractivity contribution in [3.63, 3.8) is 0 Å². The van der Waals surface area contributed by atoms with E-state index in [0.29, 0.717) is 31.2 Å². The number of fused-ring (bicyclic) bond motifs is 1. The molecule has 2 amide bonds. The Morgan fingerprint density at radius 1 is 1.48 bits per heavy atom. The number of imidazole rings is 1. The highest BCUT2D eigenvalue weighted by molar-refractivity contribution is 7.09. The monoisotopic (exact) mass is 304 g/mol. The minimum absolute atomic E-state index is 0.140. The molecule has 3 heterocycles. The van der Waals surface area contributed by atoms with E-state index in [-0.39, 0.29) is 11.8 Å². The van der Waals surface area contributed by atoms with Gasteiger partial charge in [0, 0.05) is 37.8 Å². The third-order valence-corrected chi connectivity index (χ3v) is 4.40. The van der Waals surface area contributed by atoms with Gasteiger partial charge >= 0.3 is 0 Å². The van der Waals surface area contributed by atoms with Gasteiger partial charge in [-0.15, -0.1) is 11.3 Å². The van der Waals surface area contributed by atoms with Crippen LogP contribution in [0.25, 0.3) is 0 Å². The summed E-state index contributed by atoms with van der Waals surface area (Å²) < 4.78 is 1.75. The number of hydrogen-bond donors (Lipinski definition) is 1. The summed E-state index contributed by atoms with van der Waals surface area (Å²) in [4.78, 5) is 31.0. The standard InChI is InChI=1S/C14H16N4O2S/c1-17-6-7-18-9-11(16-12(18)14(17)20)13(19)15-5-4-10-3-2-8-21-10/h2-3,8-9H,4-7H2,1H3,(H,15,19). The maximum Gasteiger partial charge on any atom is 0.289 e. The van der Waals surface area contributed by atoms with E-state index in [1.54, 1.807) is 34.0 Å². The van der Waals surface area contributed by atoms with E-state index in [9.17, 15) is 9.59 Å². The Hall–Kier alpha value is -2.15. The van der Waals surface area contributed by atoms with Crippen molar-refractivity contribution in [1.29, 1.82) is 0 Å². The Morgan fingerprint density at radius 3 is 3.10 bits per heavy atom. The summed E-state index contributed by atoms with van der Waals surface area (Å²) in [7, 11) is 1.74. The number of nitrogens with zero attached hydrogens (tertiary/aromatic N) is 3. The van der Waals surface area contributed by atoms with Crippen LogP contribution >= 0.6 is 11.3 Å². The fourth-order valence-electron chi connectivity index (χ4n) is 2.24. The number of thiophene rings is 1. The molecular weight excluding hydrogens is 288 g/mol. The van der Waals surface area contributed by atoms with Crippen molar-refractivity contribution in [3.8, 4) is 0 Å². The zero-order valence-electron chi connectivity index (χ0n) is 11.7. The minimum Gasteiger partial charge on any atom is -0.350 e. The van der Waals surface area contributed by atoms with Crippen LogP contribution in [-0.2, 0) is 13.0 Å². The van der Waals surface area contributed by atoms with Crippen molar-refractivity contribution in [2.45, 2.75) is 13.0 Å². The smallest absolute Gasteiger partial charge is 0.289 e. The maximum absolute atomic E-state index is 12.1. The number of aromatic nitrogens is 2. The second-order valence-electron chi connectivity index (χ2n) is 4.96. The van der Waals surface area contributed by atoms with Gasteiger partial charge in [-0.3, -0.25) is 9.59 Å².